The largest absolute Gasteiger partial charge is 0.395 e. The molecular weight excluding hydrogens is 150 g/mol. The van der Waals surface area contributed by atoms with Crippen LogP contribution in [0.5, 0.6) is 0 Å². The summed E-state index contributed by atoms with van der Waals surface area (Å²) in [6.07, 6.45) is 6.72. The van der Waals surface area contributed by atoms with Crippen molar-refractivity contribution in [1.82, 2.24) is 5.32 Å². The van der Waals surface area contributed by atoms with Gasteiger partial charge in [0.1, 0.15) is 0 Å². The second-order valence-corrected chi connectivity index (χ2v) is 3.74. The maximum Gasteiger partial charge on any atom is 0.0556 e. The Labute approximate surface area is 75.4 Å². The van der Waals surface area contributed by atoms with Gasteiger partial charge in [-0.2, -0.15) is 0 Å². The van der Waals surface area contributed by atoms with Crippen LogP contribution in [-0.4, -0.2) is 24.3 Å². The summed E-state index contributed by atoms with van der Waals surface area (Å²) in [5.74, 6) is 0.852. The first-order valence-electron chi connectivity index (χ1n) is 5.22. The minimum atomic E-state index is 0.271. The molecule has 1 aliphatic carbocycles. The minimum Gasteiger partial charge on any atom is -0.395 e. The van der Waals surface area contributed by atoms with Crippen LogP contribution in [0.2, 0.25) is 0 Å². The van der Waals surface area contributed by atoms with Gasteiger partial charge in [-0.15, -0.1) is 0 Å². The van der Waals surface area contributed by atoms with Gasteiger partial charge in [0.2, 0.25) is 0 Å². The molecule has 1 saturated carbocycles. The van der Waals surface area contributed by atoms with Gasteiger partial charge in [0, 0.05) is 12.6 Å². The molecule has 0 aromatic rings. The molecule has 2 N–H and O–H groups in total. The van der Waals surface area contributed by atoms with E-state index in [1.165, 1.54) is 32.1 Å². The third-order valence-corrected chi connectivity index (χ3v) is 2.95. The lowest BCUT2D eigenvalue weighted by Gasteiger charge is -2.31. The molecule has 1 fully saturated rings. The topological polar surface area (TPSA) is 32.3 Å². The van der Waals surface area contributed by atoms with Crippen LogP contribution in [0.1, 0.15) is 39.0 Å². The molecule has 0 aromatic carbocycles. The fraction of sp³-hybridized carbons (Fsp3) is 1.00. The summed E-state index contributed by atoms with van der Waals surface area (Å²) in [7, 11) is 0. The van der Waals surface area contributed by atoms with Gasteiger partial charge < -0.3 is 10.4 Å². The second-order valence-electron chi connectivity index (χ2n) is 3.74. The normalized spacial score (nSPS) is 30.5. The Hall–Kier alpha value is -0.0800. The van der Waals surface area contributed by atoms with Crippen molar-refractivity contribution < 1.29 is 5.11 Å². The molecule has 0 saturated heterocycles. The Morgan fingerprint density at radius 1 is 1.33 bits per heavy atom. The van der Waals surface area contributed by atoms with Gasteiger partial charge in [-0.1, -0.05) is 26.2 Å². The van der Waals surface area contributed by atoms with Crippen molar-refractivity contribution >= 4 is 0 Å². The number of nitrogens with one attached hydrogen (secondary N) is 1. The van der Waals surface area contributed by atoms with E-state index in [9.17, 15) is 0 Å². The fourth-order valence-electron chi connectivity index (χ4n) is 2.21. The summed E-state index contributed by atoms with van der Waals surface area (Å²) in [5.41, 5.74) is 0. The highest BCUT2D eigenvalue weighted by molar-refractivity contribution is 4.79. The van der Waals surface area contributed by atoms with Crippen molar-refractivity contribution in [3.05, 3.63) is 0 Å². The third-order valence-electron chi connectivity index (χ3n) is 2.95. The van der Waals surface area contributed by atoms with E-state index < -0.39 is 0 Å². The fourth-order valence-corrected chi connectivity index (χ4v) is 2.21. The van der Waals surface area contributed by atoms with Crippen LogP contribution < -0.4 is 5.32 Å². The van der Waals surface area contributed by atoms with E-state index in [0.29, 0.717) is 6.04 Å². The first-order valence-corrected chi connectivity index (χ1v) is 5.22. The Kier molecular flexibility index (Phi) is 4.62. The Morgan fingerprint density at radius 2 is 2.08 bits per heavy atom. The highest BCUT2D eigenvalue weighted by Crippen LogP contribution is 2.26. The van der Waals surface area contributed by atoms with Crippen molar-refractivity contribution in [3.63, 3.8) is 0 Å². The third kappa shape index (κ3) is 2.76. The zero-order valence-corrected chi connectivity index (χ0v) is 8.05. The van der Waals surface area contributed by atoms with Gasteiger partial charge in [0.25, 0.3) is 0 Å². The number of aliphatic hydroxyl groups is 1. The van der Waals surface area contributed by atoms with Crippen molar-refractivity contribution in [2.45, 2.75) is 45.1 Å². The predicted molar refractivity (Wildman–Crippen MR) is 51.1 cm³/mol. The first-order chi connectivity index (χ1) is 5.88. The predicted octanol–water partition coefficient (Wildman–Crippen LogP) is 1.54. The minimum absolute atomic E-state index is 0.271. The number of rotatable bonds is 4. The number of hydrogen-bond donors (Lipinski definition) is 2. The molecule has 0 bridgehead atoms. The Bertz CT molecular complexity index is 116. The quantitative estimate of drug-likeness (QED) is 0.672. The van der Waals surface area contributed by atoms with Crippen LogP contribution in [0.25, 0.3) is 0 Å². The molecule has 1 rings (SSSR count). The van der Waals surface area contributed by atoms with Crippen LogP contribution in [0.3, 0.4) is 0 Å². The molecule has 0 amide bonds. The molecule has 0 unspecified atom stereocenters. The van der Waals surface area contributed by atoms with Crippen molar-refractivity contribution in [2.75, 3.05) is 13.2 Å². The van der Waals surface area contributed by atoms with E-state index in [-0.39, 0.29) is 6.61 Å². The van der Waals surface area contributed by atoms with E-state index in [0.717, 1.165) is 12.5 Å². The average Bonchev–Trinajstić information content (AvgIpc) is 2.15. The molecule has 0 aromatic heterocycles. The van der Waals surface area contributed by atoms with Crippen LogP contribution >= 0.6 is 0 Å². The molecular formula is C10H21NO. The van der Waals surface area contributed by atoms with E-state index in [1.54, 1.807) is 0 Å². The summed E-state index contributed by atoms with van der Waals surface area (Å²) in [6.45, 7) is 3.30. The van der Waals surface area contributed by atoms with E-state index in [1.807, 2.05) is 0 Å². The van der Waals surface area contributed by atoms with Gasteiger partial charge in [-0.25, -0.2) is 0 Å². The lowest BCUT2D eigenvalue weighted by molar-refractivity contribution is 0.227. The van der Waals surface area contributed by atoms with E-state index >= 15 is 0 Å². The highest BCUT2D eigenvalue weighted by Gasteiger charge is 2.22. The summed E-state index contributed by atoms with van der Waals surface area (Å²) in [5, 5.41) is 12.1. The van der Waals surface area contributed by atoms with Crippen molar-refractivity contribution in [2.24, 2.45) is 5.92 Å². The number of hydrogen-bond acceptors (Lipinski definition) is 2. The van der Waals surface area contributed by atoms with E-state index in [2.05, 4.69) is 12.2 Å². The molecule has 0 radical (unpaired) electrons. The van der Waals surface area contributed by atoms with Gasteiger partial charge in [-0.3, -0.25) is 0 Å². The highest BCUT2D eigenvalue weighted by atomic mass is 16.3. The monoisotopic (exact) mass is 171 g/mol. The Morgan fingerprint density at radius 3 is 2.75 bits per heavy atom. The molecule has 0 heterocycles. The lowest BCUT2D eigenvalue weighted by Crippen LogP contribution is -2.39. The summed E-state index contributed by atoms with van der Waals surface area (Å²) >= 11 is 0. The van der Waals surface area contributed by atoms with Crippen molar-refractivity contribution in [1.29, 1.82) is 0 Å². The zero-order chi connectivity index (χ0) is 8.81. The summed E-state index contributed by atoms with van der Waals surface area (Å²) in [4.78, 5) is 0. The van der Waals surface area contributed by atoms with Crippen molar-refractivity contribution in [3.8, 4) is 0 Å². The van der Waals surface area contributed by atoms with E-state index in [4.69, 9.17) is 5.11 Å². The van der Waals surface area contributed by atoms with Crippen LogP contribution in [-0.2, 0) is 0 Å². The molecule has 2 nitrogen and oxygen atoms in total. The molecule has 0 aliphatic heterocycles. The van der Waals surface area contributed by atoms with Gasteiger partial charge in [0.15, 0.2) is 0 Å². The van der Waals surface area contributed by atoms with Crippen LogP contribution in [0, 0.1) is 5.92 Å². The van der Waals surface area contributed by atoms with Gasteiger partial charge in [-0.05, 0) is 18.8 Å². The Balaban J connectivity index is 2.26. The van der Waals surface area contributed by atoms with Gasteiger partial charge >= 0.3 is 0 Å². The average molecular weight is 171 g/mol. The standard InChI is InChI=1S/C10H21NO/c1-2-9-5-3-4-6-10(9)11-7-8-12/h9-12H,2-8H2,1H3/t9-,10+/m0/s1. The lowest BCUT2D eigenvalue weighted by atomic mass is 9.83. The van der Waals surface area contributed by atoms with Crippen LogP contribution in [0.4, 0.5) is 0 Å². The maximum atomic E-state index is 8.69. The molecule has 0 spiro atoms. The first kappa shape index (κ1) is 10.0. The molecule has 12 heavy (non-hydrogen) atoms. The SMILES string of the molecule is CC[C@H]1CCCC[C@H]1NCCO. The summed E-state index contributed by atoms with van der Waals surface area (Å²) in [6, 6.07) is 0.677. The second kappa shape index (κ2) is 5.55. The van der Waals surface area contributed by atoms with Crippen LogP contribution in [0.15, 0.2) is 0 Å². The maximum absolute atomic E-state index is 8.69. The smallest absolute Gasteiger partial charge is 0.0556 e. The molecule has 2 atom stereocenters. The molecule has 1 aliphatic rings. The van der Waals surface area contributed by atoms with Gasteiger partial charge in [0.05, 0.1) is 6.61 Å². The molecule has 72 valence electrons. The summed E-state index contributed by atoms with van der Waals surface area (Å²) < 4.78 is 0. The molecule has 2 heteroatoms. The zero-order valence-electron chi connectivity index (χ0n) is 8.05. The number of aliphatic hydroxyl groups excluding tert-OH is 1.